The van der Waals surface area contributed by atoms with Crippen LogP contribution in [-0.2, 0) is 10.1 Å². The second-order valence-corrected chi connectivity index (χ2v) is 4.01. The van der Waals surface area contributed by atoms with E-state index in [1.165, 1.54) is 6.07 Å². The van der Waals surface area contributed by atoms with E-state index in [1.54, 1.807) is 0 Å². The van der Waals surface area contributed by atoms with Crippen molar-refractivity contribution >= 4 is 15.8 Å². The molecule has 0 unspecified atom stereocenters. The second-order valence-electron chi connectivity index (χ2n) is 2.44. The third-order valence-corrected chi connectivity index (χ3v) is 1.72. The first-order valence-corrected chi connectivity index (χ1v) is 5.26. The molecule has 0 heterocycles. The lowest BCUT2D eigenvalue weighted by Crippen LogP contribution is -2.07. The molecule has 0 N–H and O–H groups in total. The molecule has 0 fully saturated rings. The molecule has 0 spiro atoms. The summed E-state index contributed by atoms with van der Waals surface area (Å²) in [6, 6.07) is 5.99. The van der Waals surface area contributed by atoms with Crippen molar-refractivity contribution in [2.45, 2.75) is 0 Å². The van der Waals surface area contributed by atoms with E-state index < -0.39 is 20.7 Å². The summed E-state index contributed by atoms with van der Waals surface area (Å²) >= 11 is 0. The average Bonchev–Trinajstić information content (AvgIpc) is 2.01. The molecule has 0 aliphatic heterocycles. The molecule has 0 aromatic heterocycles. The molecular formula is C7H6NO5S. The number of hydrogen-bond donors (Lipinski definition) is 0. The summed E-state index contributed by atoms with van der Waals surface area (Å²) in [5.74, 6) is -0.333. The van der Waals surface area contributed by atoms with E-state index in [0.717, 1.165) is 18.4 Å². The molecule has 1 aromatic rings. The van der Waals surface area contributed by atoms with Gasteiger partial charge in [-0.05, 0) is 18.2 Å². The van der Waals surface area contributed by atoms with Gasteiger partial charge in [-0.25, -0.2) is 0 Å². The van der Waals surface area contributed by atoms with Gasteiger partial charge in [0.1, 0.15) is 0 Å². The quantitative estimate of drug-likeness (QED) is 0.422. The minimum Gasteiger partial charge on any atom is -0.375 e. The van der Waals surface area contributed by atoms with Crippen LogP contribution in [0.4, 0.5) is 5.69 Å². The lowest BCUT2D eigenvalue weighted by atomic mass is 10.3. The summed E-state index contributed by atoms with van der Waals surface area (Å²) in [6.45, 7) is 0. The molecule has 1 radical (unpaired) electrons. The standard InChI is InChI=1S/C7H6NO5S/c1-14(11,12)13-7-5-3-2-4-6(7)8(9)10/h2,4-5H,1H3. The SMILES string of the molecule is CS(=O)(=O)Oc1c[c]ccc1[N+](=O)[O-]. The molecule has 0 aliphatic carbocycles. The highest BCUT2D eigenvalue weighted by molar-refractivity contribution is 7.86. The maximum Gasteiger partial charge on any atom is 0.312 e. The Bertz CT molecular complexity index is 453. The van der Waals surface area contributed by atoms with Crippen LogP contribution in [0.3, 0.4) is 0 Å². The zero-order chi connectivity index (χ0) is 10.8. The van der Waals surface area contributed by atoms with Crippen molar-refractivity contribution in [3.05, 3.63) is 34.4 Å². The second kappa shape index (κ2) is 3.62. The van der Waals surface area contributed by atoms with Crippen molar-refractivity contribution in [1.82, 2.24) is 0 Å². The van der Waals surface area contributed by atoms with Crippen LogP contribution in [0.15, 0.2) is 18.2 Å². The van der Waals surface area contributed by atoms with Gasteiger partial charge < -0.3 is 4.18 Å². The fourth-order valence-corrected chi connectivity index (χ4v) is 1.25. The predicted octanol–water partition coefficient (Wildman–Crippen LogP) is 0.733. The first-order valence-electron chi connectivity index (χ1n) is 3.44. The Kier molecular flexibility index (Phi) is 2.70. The first kappa shape index (κ1) is 10.5. The molecule has 1 aromatic carbocycles. The monoisotopic (exact) mass is 216 g/mol. The van der Waals surface area contributed by atoms with Crippen LogP contribution in [0.5, 0.6) is 5.75 Å². The first-order chi connectivity index (χ1) is 6.40. The van der Waals surface area contributed by atoms with Crippen molar-refractivity contribution in [2.75, 3.05) is 6.26 Å². The number of nitro groups is 1. The van der Waals surface area contributed by atoms with Crippen molar-refractivity contribution in [3.63, 3.8) is 0 Å². The highest BCUT2D eigenvalue weighted by Crippen LogP contribution is 2.26. The lowest BCUT2D eigenvalue weighted by Gasteiger charge is -2.01. The van der Waals surface area contributed by atoms with E-state index >= 15 is 0 Å². The fraction of sp³-hybridized carbons (Fsp3) is 0.143. The zero-order valence-electron chi connectivity index (χ0n) is 7.13. The van der Waals surface area contributed by atoms with Crippen LogP contribution in [-0.4, -0.2) is 19.6 Å². The number of nitrogens with zero attached hydrogens (tertiary/aromatic N) is 1. The summed E-state index contributed by atoms with van der Waals surface area (Å²) in [4.78, 5) is 9.70. The van der Waals surface area contributed by atoms with Gasteiger partial charge in [-0.2, -0.15) is 8.42 Å². The van der Waals surface area contributed by atoms with Crippen LogP contribution >= 0.6 is 0 Å². The maximum absolute atomic E-state index is 10.7. The minimum atomic E-state index is -3.76. The molecule has 0 saturated carbocycles. The third-order valence-electron chi connectivity index (χ3n) is 1.24. The highest BCUT2D eigenvalue weighted by Gasteiger charge is 2.17. The average molecular weight is 216 g/mol. The van der Waals surface area contributed by atoms with E-state index in [2.05, 4.69) is 10.2 Å². The van der Waals surface area contributed by atoms with Crippen LogP contribution in [0, 0.1) is 16.2 Å². The molecule has 7 heteroatoms. The Morgan fingerprint density at radius 3 is 2.71 bits per heavy atom. The Morgan fingerprint density at radius 2 is 2.21 bits per heavy atom. The lowest BCUT2D eigenvalue weighted by molar-refractivity contribution is -0.385. The number of benzene rings is 1. The van der Waals surface area contributed by atoms with Crippen molar-refractivity contribution in [1.29, 1.82) is 0 Å². The molecule has 6 nitrogen and oxygen atoms in total. The summed E-state index contributed by atoms with van der Waals surface area (Å²) < 4.78 is 25.8. The van der Waals surface area contributed by atoms with Gasteiger partial charge in [0.25, 0.3) is 0 Å². The summed E-state index contributed by atoms with van der Waals surface area (Å²) in [5, 5.41) is 10.4. The topological polar surface area (TPSA) is 86.5 Å². The summed E-state index contributed by atoms with van der Waals surface area (Å²) in [7, 11) is -3.76. The number of rotatable bonds is 3. The fourth-order valence-electron chi connectivity index (χ4n) is 0.788. The molecule has 1 rings (SSSR count). The molecule has 0 aliphatic rings. The summed E-state index contributed by atoms with van der Waals surface area (Å²) in [6.07, 6.45) is 0.809. The normalized spacial score (nSPS) is 10.9. The molecule has 0 atom stereocenters. The maximum atomic E-state index is 10.7. The van der Waals surface area contributed by atoms with Crippen molar-refractivity contribution < 1.29 is 17.5 Å². The Hall–Kier alpha value is -1.63. The van der Waals surface area contributed by atoms with Gasteiger partial charge in [0.15, 0.2) is 0 Å². The number of hydrogen-bond acceptors (Lipinski definition) is 5. The Balaban J connectivity index is 3.15. The third kappa shape index (κ3) is 2.70. The van der Waals surface area contributed by atoms with Gasteiger partial charge in [0.2, 0.25) is 5.75 Å². The van der Waals surface area contributed by atoms with Gasteiger partial charge in [0, 0.05) is 6.07 Å². The molecular weight excluding hydrogens is 210 g/mol. The molecule has 75 valence electrons. The largest absolute Gasteiger partial charge is 0.375 e. The van der Waals surface area contributed by atoms with Crippen LogP contribution in [0.2, 0.25) is 0 Å². The smallest absolute Gasteiger partial charge is 0.312 e. The molecule has 0 amide bonds. The molecule has 0 saturated heterocycles. The summed E-state index contributed by atoms with van der Waals surface area (Å²) in [5.41, 5.74) is -0.408. The van der Waals surface area contributed by atoms with E-state index in [-0.39, 0.29) is 5.75 Å². The van der Waals surface area contributed by atoms with E-state index in [0.29, 0.717) is 0 Å². The van der Waals surface area contributed by atoms with Gasteiger partial charge in [0.05, 0.1) is 11.2 Å². The van der Waals surface area contributed by atoms with Crippen molar-refractivity contribution in [2.24, 2.45) is 0 Å². The van der Waals surface area contributed by atoms with Crippen LogP contribution < -0.4 is 4.18 Å². The van der Waals surface area contributed by atoms with Gasteiger partial charge >= 0.3 is 15.8 Å². The molecule has 14 heavy (non-hydrogen) atoms. The molecule has 0 bridgehead atoms. The Morgan fingerprint density at radius 1 is 1.57 bits per heavy atom. The number of nitro benzene ring substituents is 1. The van der Waals surface area contributed by atoms with Crippen molar-refractivity contribution in [3.8, 4) is 5.75 Å². The predicted molar refractivity (Wildman–Crippen MR) is 47.4 cm³/mol. The van der Waals surface area contributed by atoms with E-state index in [4.69, 9.17) is 0 Å². The van der Waals surface area contributed by atoms with Gasteiger partial charge in [-0.15, -0.1) is 0 Å². The van der Waals surface area contributed by atoms with Gasteiger partial charge in [-0.3, -0.25) is 10.1 Å². The highest BCUT2D eigenvalue weighted by atomic mass is 32.2. The van der Waals surface area contributed by atoms with E-state index in [9.17, 15) is 18.5 Å². The van der Waals surface area contributed by atoms with Crippen LogP contribution in [0.1, 0.15) is 0 Å². The zero-order valence-corrected chi connectivity index (χ0v) is 7.95. The van der Waals surface area contributed by atoms with E-state index in [1.807, 2.05) is 0 Å². The Labute approximate surface area is 80.4 Å². The minimum absolute atomic E-state index is 0.333. The van der Waals surface area contributed by atoms with Crippen LogP contribution in [0.25, 0.3) is 0 Å². The van der Waals surface area contributed by atoms with Gasteiger partial charge in [-0.1, -0.05) is 0 Å².